The van der Waals surface area contributed by atoms with E-state index in [-0.39, 0.29) is 24.1 Å². The van der Waals surface area contributed by atoms with Gasteiger partial charge in [0.25, 0.3) is 11.1 Å². The zero-order chi connectivity index (χ0) is 20.4. The van der Waals surface area contributed by atoms with Crippen molar-refractivity contribution in [1.82, 2.24) is 9.78 Å². The SMILES string of the molecule is COc1ccc2ccc(OC(=O)CCn3[nH]c(=O)c4ccccc4c3=O)cc2c1. The van der Waals surface area contributed by atoms with Gasteiger partial charge in [-0.3, -0.25) is 19.5 Å². The van der Waals surface area contributed by atoms with Gasteiger partial charge in [0.15, 0.2) is 0 Å². The molecule has 1 heterocycles. The third-order valence-electron chi connectivity index (χ3n) is 4.67. The highest BCUT2D eigenvalue weighted by Gasteiger charge is 2.10. The Morgan fingerprint density at radius 2 is 1.62 bits per heavy atom. The molecule has 0 saturated heterocycles. The second-order valence-electron chi connectivity index (χ2n) is 6.54. The molecule has 0 atom stereocenters. The molecule has 146 valence electrons. The molecule has 0 aliphatic carbocycles. The van der Waals surface area contributed by atoms with Gasteiger partial charge in [-0.05, 0) is 47.2 Å². The normalized spacial score (nSPS) is 10.9. The first-order valence-corrected chi connectivity index (χ1v) is 9.05. The van der Waals surface area contributed by atoms with Crippen molar-refractivity contribution in [2.24, 2.45) is 0 Å². The van der Waals surface area contributed by atoms with Crippen LogP contribution in [-0.2, 0) is 11.3 Å². The third-order valence-corrected chi connectivity index (χ3v) is 4.67. The van der Waals surface area contributed by atoms with Gasteiger partial charge in [-0.1, -0.05) is 24.3 Å². The minimum atomic E-state index is -0.506. The maximum atomic E-state index is 12.5. The average molecular weight is 390 g/mol. The first-order valence-electron chi connectivity index (χ1n) is 9.05. The van der Waals surface area contributed by atoms with Crippen molar-refractivity contribution in [3.63, 3.8) is 0 Å². The van der Waals surface area contributed by atoms with E-state index in [0.29, 0.717) is 22.3 Å². The number of aryl methyl sites for hydroxylation is 1. The predicted molar refractivity (Wildman–Crippen MR) is 110 cm³/mol. The lowest BCUT2D eigenvalue weighted by Crippen LogP contribution is -2.31. The molecule has 29 heavy (non-hydrogen) atoms. The number of H-pyrrole nitrogens is 1. The van der Waals surface area contributed by atoms with Crippen LogP contribution in [-0.4, -0.2) is 22.9 Å². The van der Waals surface area contributed by atoms with E-state index in [1.165, 1.54) is 0 Å². The van der Waals surface area contributed by atoms with Crippen LogP contribution in [0.2, 0.25) is 0 Å². The van der Waals surface area contributed by atoms with Gasteiger partial charge in [-0.2, -0.15) is 0 Å². The molecule has 1 aromatic heterocycles. The molecule has 4 aromatic rings. The van der Waals surface area contributed by atoms with Crippen molar-refractivity contribution in [2.45, 2.75) is 13.0 Å². The molecule has 4 rings (SSSR count). The molecule has 7 heteroatoms. The molecule has 7 nitrogen and oxygen atoms in total. The summed E-state index contributed by atoms with van der Waals surface area (Å²) in [5.41, 5.74) is -0.733. The molecule has 3 aromatic carbocycles. The Kier molecular flexibility index (Phi) is 4.87. The fourth-order valence-corrected chi connectivity index (χ4v) is 3.18. The van der Waals surface area contributed by atoms with Gasteiger partial charge >= 0.3 is 5.97 Å². The lowest BCUT2D eigenvalue weighted by Gasteiger charge is -2.09. The highest BCUT2D eigenvalue weighted by Crippen LogP contribution is 2.25. The largest absolute Gasteiger partial charge is 0.497 e. The number of carbonyl (C=O) groups is 1. The number of aromatic amines is 1. The van der Waals surface area contributed by atoms with Gasteiger partial charge in [0.05, 0.1) is 30.8 Å². The van der Waals surface area contributed by atoms with Crippen LogP contribution < -0.4 is 20.6 Å². The Morgan fingerprint density at radius 1 is 0.931 bits per heavy atom. The van der Waals surface area contributed by atoms with Gasteiger partial charge in [0.1, 0.15) is 11.5 Å². The number of aromatic nitrogens is 2. The molecule has 0 aliphatic rings. The molecule has 0 fully saturated rings. The molecule has 0 radical (unpaired) electrons. The lowest BCUT2D eigenvalue weighted by molar-refractivity contribution is -0.134. The smallest absolute Gasteiger partial charge is 0.313 e. The van der Waals surface area contributed by atoms with Crippen molar-refractivity contribution < 1.29 is 14.3 Å². The monoisotopic (exact) mass is 390 g/mol. The van der Waals surface area contributed by atoms with E-state index in [1.807, 2.05) is 24.3 Å². The summed E-state index contributed by atoms with van der Waals surface area (Å²) in [6, 6.07) is 17.5. The number of ether oxygens (including phenoxy) is 2. The van der Waals surface area contributed by atoms with Crippen molar-refractivity contribution >= 4 is 27.5 Å². The van der Waals surface area contributed by atoms with Crippen LogP contribution in [0, 0.1) is 0 Å². The number of rotatable bonds is 5. The molecule has 1 N–H and O–H groups in total. The second-order valence-corrected chi connectivity index (χ2v) is 6.54. The summed E-state index contributed by atoms with van der Waals surface area (Å²) in [7, 11) is 1.59. The summed E-state index contributed by atoms with van der Waals surface area (Å²) < 4.78 is 11.7. The zero-order valence-corrected chi connectivity index (χ0v) is 15.7. The van der Waals surface area contributed by atoms with Crippen molar-refractivity contribution in [3.8, 4) is 11.5 Å². The van der Waals surface area contributed by atoms with Gasteiger partial charge in [-0.25, -0.2) is 4.68 Å². The number of fused-ring (bicyclic) bond motifs is 2. The summed E-state index contributed by atoms with van der Waals surface area (Å²) in [5.74, 6) is 0.601. The quantitative estimate of drug-likeness (QED) is 0.418. The van der Waals surface area contributed by atoms with Gasteiger partial charge < -0.3 is 9.47 Å². The van der Waals surface area contributed by atoms with Gasteiger partial charge in [-0.15, -0.1) is 0 Å². The molecule has 0 unspecified atom stereocenters. The van der Waals surface area contributed by atoms with E-state index >= 15 is 0 Å². The number of esters is 1. The summed E-state index contributed by atoms with van der Waals surface area (Å²) in [5, 5.41) is 5.01. The maximum Gasteiger partial charge on any atom is 0.313 e. The van der Waals surface area contributed by atoms with E-state index < -0.39 is 5.97 Å². The Labute approximate surface area is 165 Å². The first-order chi connectivity index (χ1) is 14.0. The molecular weight excluding hydrogens is 372 g/mol. The van der Waals surface area contributed by atoms with E-state index in [2.05, 4.69) is 5.10 Å². The summed E-state index contributed by atoms with van der Waals surface area (Å²) in [6.07, 6.45) is -0.0651. The Bertz CT molecular complexity index is 1340. The molecular formula is C22H18N2O5. The van der Waals surface area contributed by atoms with Crippen LogP contribution >= 0.6 is 0 Å². The Balaban J connectivity index is 1.50. The molecule has 0 saturated carbocycles. The fourth-order valence-electron chi connectivity index (χ4n) is 3.18. The minimum absolute atomic E-state index is 0.0130. The van der Waals surface area contributed by atoms with E-state index in [9.17, 15) is 14.4 Å². The Hall–Kier alpha value is -3.87. The first kappa shape index (κ1) is 18.5. The summed E-state index contributed by atoms with van der Waals surface area (Å²) in [6.45, 7) is 0.0130. The van der Waals surface area contributed by atoms with Crippen LogP contribution in [0.15, 0.2) is 70.3 Å². The van der Waals surface area contributed by atoms with Crippen LogP contribution in [0.25, 0.3) is 21.5 Å². The van der Waals surface area contributed by atoms with Crippen molar-refractivity contribution in [2.75, 3.05) is 7.11 Å². The number of nitrogens with zero attached hydrogens (tertiary/aromatic N) is 1. The number of methoxy groups -OCH3 is 1. The zero-order valence-electron chi connectivity index (χ0n) is 15.7. The van der Waals surface area contributed by atoms with Crippen molar-refractivity contribution in [3.05, 3.63) is 81.4 Å². The molecule has 0 spiro atoms. The van der Waals surface area contributed by atoms with E-state index in [1.54, 1.807) is 43.5 Å². The minimum Gasteiger partial charge on any atom is -0.497 e. The van der Waals surface area contributed by atoms with E-state index in [4.69, 9.17) is 9.47 Å². The molecule has 0 bridgehead atoms. The Morgan fingerprint density at radius 3 is 2.38 bits per heavy atom. The fraction of sp³-hybridized carbons (Fsp3) is 0.136. The molecule has 0 aliphatic heterocycles. The summed E-state index contributed by atoms with van der Waals surface area (Å²) >= 11 is 0. The third kappa shape index (κ3) is 3.75. The lowest BCUT2D eigenvalue weighted by atomic mass is 10.1. The van der Waals surface area contributed by atoms with Gasteiger partial charge in [0, 0.05) is 0 Å². The van der Waals surface area contributed by atoms with E-state index in [0.717, 1.165) is 15.5 Å². The molecule has 0 amide bonds. The van der Waals surface area contributed by atoms with Crippen LogP contribution in [0.4, 0.5) is 0 Å². The number of nitrogens with one attached hydrogen (secondary N) is 1. The summed E-state index contributed by atoms with van der Waals surface area (Å²) in [4.78, 5) is 36.9. The number of carbonyl (C=O) groups excluding carboxylic acids is 1. The number of benzene rings is 3. The highest BCUT2D eigenvalue weighted by molar-refractivity contribution is 5.86. The van der Waals surface area contributed by atoms with Crippen LogP contribution in [0.3, 0.4) is 0 Å². The number of hydrogen-bond acceptors (Lipinski definition) is 5. The standard InChI is InChI=1S/C22H18N2O5/c1-28-16-8-6-14-7-9-17(13-15(14)12-16)29-20(25)10-11-24-22(27)19-5-3-2-4-18(19)21(26)23-24/h2-9,12-13H,10-11H2,1H3,(H,23,26). The van der Waals surface area contributed by atoms with Crippen molar-refractivity contribution in [1.29, 1.82) is 0 Å². The average Bonchev–Trinajstić information content (AvgIpc) is 2.74. The topological polar surface area (TPSA) is 90.4 Å². The van der Waals surface area contributed by atoms with Crippen LogP contribution in [0.1, 0.15) is 6.42 Å². The number of hydrogen-bond donors (Lipinski definition) is 1. The highest BCUT2D eigenvalue weighted by atomic mass is 16.5. The maximum absolute atomic E-state index is 12.5. The van der Waals surface area contributed by atoms with Gasteiger partial charge in [0.2, 0.25) is 0 Å². The second kappa shape index (κ2) is 7.63. The van der Waals surface area contributed by atoms with Crippen LogP contribution in [0.5, 0.6) is 11.5 Å². The predicted octanol–water partition coefficient (Wildman–Crippen LogP) is 2.85.